The first-order chi connectivity index (χ1) is 7.63. The second-order valence-corrected chi connectivity index (χ2v) is 5.00. The molecule has 0 aliphatic heterocycles. The zero-order valence-corrected chi connectivity index (χ0v) is 11.0. The van der Waals surface area contributed by atoms with Crippen molar-refractivity contribution in [1.29, 1.82) is 0 Å². The molecule has 1 aromatic rings. The summed E-state index contributed by atoms with van der Waals surface area (Å²) in [7, 11) is 0. The fraction of sp³-hybridized carbons (Fsp3) is 0.462. The van der Waals surface area contributed by atoms with Crippen molar-refractivity contribution in [2.75, 3.05) is 11.1 Å². The molecule has 0 unspecified atom stereocenters. The molecule has 0 radical (unpaired) electrons. The molecule has 1 aromatic carbocycles. The molecule has 1 rings (SSSR count). The fourth-order valence-electron chi connectivity index (χ4n) is 1.41. The van der Waals surface area contributed by atoms with Crippen molar-refractivity contribution in [1.82, 2.24) is 0 Å². The van der Waals surface area contributed by atoms with Gasteiger partial charge in [-0.2, -0.15) is 0 Å². The molecule has 0 fully saturated rings. The van der Waals surface area contributed by atoms with Gasteiger partial charge in [-0.1, -0.05) is 42.8 Å². The summed E-state index contributed by atoms with van der Waals surface area (Å²) in [4.78, 5) is 11.6. The minimum Gasteiger partial charge on any atom is -0.317 e. The number of anilines is 1. The van der Waals surface area contributed by atoms with Gasteiger partial charge >= 0.3 is 0 Å². The number of nitrogens with one attached hydrogen (secondary N) is 1. The van der Waals surface area contributed by atoms with Crippen LogP contribution in [0, 0.1) is 13.8 Å². The standard InChI is InChI=1S/C13H19NOS/c1-4-5-8-16-13(15)14-12-7-6-10(2)9-11(12)3/h6-7,9H,4-5,8H2,1-3H3,(H,14,15). The number of rotatable bonds is 4. The highest BCUT2D eigenvalue weighted by Gasteiger charge is 2.04. The molecular weight excluding hydrogens is 218 g/mol. The van der Waals surface area contributed by atoms with Crippen molar-refractivity contribution >= 4 is 22.7 Å². The van der Waals surface area contributed by atoms with Crippen molar-refractivity contribution < 1.29 is 4.79 Å². The van der Waals surface area contributed by atoms with Gasteiger partial charge in [0, 0.05) is 11.4 Å². The van der Waals surface area contributed by atoms with Gasteiger partial charge in [-0.15, -0.1) is 0 Å². The lowest BCUT2D eigenvalue weighted by atomic mass is 10.1. The molecule has 0 saturated heterocycles. The Balaban J connectivity index is 2.49. The first-order valence-corrected chi connectivity index (χ1v) is 6.63. The summed E-state index contributed by atoms with van der Waals surface area (Å²) in [6.07, 6.45) is 2.22. The van der Waals surface area contributed by atoms with Gasteiger partial charge < -0.3 is 5.32 Å². The Hall–Kier alpha value is -0.960. The van der Waals surface area contributed by atoms with E-state index < -0.39 is 0 Å². The number of thioether (sulfide) groups is 1. The lowest BCUT2D eigenvalue weighted by Gasteiger charge is -2.08. The maximum absolute atomic E-state index is 11.6. The monoisotopic (exact) mass is 237 g/mol. The number of carbonyl (C=O) groups excluding carboxylic acids is 1. The van der Waals surface area contributed by atoms with Crippen LogP contribution in [0.25, 0.3) is 0 Å². The van der Waals surface area contributed by atoms with E-state index in [0.717, 1.165) is 29.8 Å². The minimum atomic E-state index is 0.0420. The molecule has 0 saturated carbocycles. The Labute approximate surface area is 102 Å². The van der Waals surface area contributed by atoms with Crippen LogP contribution in [0.3, 0.4) is 0 Å². The molecule has 88 valence electrons. The SMILES string of the molecule is CCCCSC(=O)Nc1ccc(C)cc1C. The van der Waals surface area contributed by atoms with Crippen molar-refractivity contribution in [2.45, 2.75) is 33.6 Å². The zero-order valence-electron chi connectivity index (χ0n) is 10.2. The second kappa shape index (κ2) is 6.59. The summed E-state index contributed by atoms with van der Waals surface area (Å²) in [5.41, 5.74) is 3.25. The smallest absolute Gasteiger partial charge is 0.283 e. The van der Waals surface area contributed by atoms with Crippen LogP contribution in [-0.4, -0.2) is 11.0 Å². The Morgan fingerprint density at radius 2 is 2.12 bits per heavy atom. The molecular formula is C13H19NOS. The Bertz CT molecular complexity index is 363. The summed E-state index contributed by atoms with van der Waals surface area (Å²) in [6.45, 7) is 6.19. The highest BCUT2D eigenvalue weighted by Crippen LogP contribution is 2.18. The van der Waals surface area contributed by atoms with Crippen molar-refractivity contribution in [3.05, 3.63) is 29.3 Å². The van der Waals surface area contributed by atoms with Gasteiger partial charge in [0.1, 0.15) is 0 Å². The van der Waals surface area contributed by atoms with Crippen molar-refractivity contribution in [3.8, 4) is 0 Å². The molecule has 0 atom stereocenters. The van der Waals surface area contributed by atoms with Crippen molar-refractivity contribution in [3.63, 3.8) is 0 Å². The molecule has 0 aliphatic carbocycles. The zero-order chi connectivity index (χ0) is 12.0. The van der Waals surface area contributed by atoms with Crippen LogP contribution < -0.4 is 5.32 Å². The van der Waals surface area contributed by atoms with Crippen LogP contribution in [-0.2, 0) is 0 Å². The van der Waals surface area contributed by atoms with Gasteiger partial charge in [-0.05, 0) is 31.9 Å². The third-order valence-corrected chi connectivity index (χ3v) is 3.21. The van der Waals surface area contributed by atoms with E-state index in [0.29, 0.717) is 0 Å². The van der Waals surface area contributed by atoms with Gasteiger partial charge in [-0.25, -0.2) is 0 Å². The van der Waals surface area contributed by atoms with E-state index in [2.05, 4.69) is 25.2 Å². The van der Waals surface area contributed by atoms with Crippen molar-refractivity contribution in [2.24, 2.45) is 0 Å². The first-order valence-electron chi connectivity index (χ1n) is 5.64. The predicted molar refractivity (Wildman–Crippen MR) is 72.3 cm³/mol. The number of benzene rings is 1. The van der Waals surface area contributed by atoms with Gasteiger partial charge in [0.2, 0.25) is 0 Å². The predicted octanol–water partition coefficient (Wildman–Crippen LogP) is 4.37. The number of carbonyl (C=O) groups is 1. The van der Waals surface area contributed by atoms with Crippen LogP contribution in [0.4, 0.5) is 10.5 Å². The molecule has 0 aromatic heterocycles. The fourth-order valence-corrected chi connectivity index (χ4v) is 2.21. The van der Waals surface area contributed by atoms with Crippen LogP contribution in [0.5, 0.6) is 0 Å². The van der Waals surface area contributed by atoms with E-state index in [1.54, 1.807) is 0 Å². The number of unbranched alkanes of at least 4 members (excludes halogenated alkanes) is 1. The van der Waals surface area contributed by atoms with Crippen LogP contribution >= 0.6 is 11.8 Å². The first kappa shape index (κ1) is 13.1. The van der Waals surface area contributed by atoms with E-state index >= 15 is 0 Å². The lowest BCUT2D eigenvalue weighted by molar-refractivity contribution is 0.269. The number of aryl methyl sites for hydroxylation is 2. The van der Waals surface area contributed by atoms with Gasteiger partial charge in [0.05, 0.1) is 0 Å². The Morgan fingerprint density at radius 3 is 2.75 bits per heavy atom. The third-order valence-electron chi connectivity index (χ3n) is 2.35. The number of hydrogen-bond donors (Lipinski definition) is 1. The molecule has 3 heteroatoms. The molecule has 1 amide bonds. The molecule has 16 heavy (non-hydrogen) atoms. The van der Waals surface area contributed by atoms with Crippen LogP contribution in [0.1, 0.15) is 30.9 Å². The average Bonchev–Trinajstić information content (AvgIpc) is 2.23. The lowest BCUT2D eigenvalue weighted by Crippen LogP contribution is -2.07. The molecule has 0 heterocycles. The third kappa shape index (κ3) is 4.27. The number of amides is 1. The molecule has 1 N–H and O–H groups in total. The summed E-state index contributed by atoms with van der Waals surface area (Å²) in [5, 5.41) is 2.96. The molecule has 0 bridgehead atoms. The topological polar surface area (TPSA) is 29.1 Å². The number of hydrogen-bond acceptors (Lipinski definition) is 2. The van der Waals surface area contributed by atoms with Gasteiger partial charge in [0.15, 0.2) is 0 Å². The van der Waals surface area contributed by atoms with E-state index in [1.165, 1.54) is 17.3 Å². The summed E-state index contributed by atoms with van der Waals surface area (Å²) in [6, 6.07) is 6.05. The van der Waals surface area contributed by atoms with Crippen LogP contribution in [0.15, 0.2) is 18.2 Å². The van der Waals surface area contributed by atoms with Gasteiger partial charge in [0.25, 0.3) is 5.24 Å². The van der Waals surface area contributed by atoms with E-state index in [1.807, 2.05) is 19.1 Å². The second-order valence-electron chi connectivity index (χ2n) is 3.93. The van der Waals surface area contributed by atoms with E-state index in [-0.39, 0.29) is 5.24 Å². The summed E-state index contributed by atoms with van der Waals surface area (Å²) < 4.78 is 0. The highest BCUT2D eigenvalue weighted by molar-refractivity contribution is 8.13. The highest BCUT2D eigenvalue weighted by atomic mass is 32.2. The maximum Gasteiger partial charge on any atom is 0.283 e. The van der Waals surface area contributed by atoms with E-state index in [9.17, 15) is 4.79 Å². The van der Waals surface area contributed by atoms with E-state index in [4.69, 9.17) is 0 Å². The summed E-state index contributed by atoms with van der Waals surface area (Å²) >= 11 is 1.36. The molecule has 0 aliphatic rings. The molecule has 0 spiro atoms. The quantitative estimate of drug-likeness (QED) is 0.788. The normalized spacial score (nSPS) is 10.2. The summed E-state index contributed by atoms with van der Waals surface area (Å²) in [5.74, 6) is 0.896. The van der Waals surface area contributed by atoms with Gasteiger partial charge in [-0.3, -0.25) is 4.79 Å². The average molecular weight is 237 g/mol. The van der Waals surface area contributed by atoms with Crippen LogP contribution in [0.2, 0.25) is 0 Å². The Morgan fingerprint density at radius 1 is 1.38 bits per heavy atom. The Kier molecular flexibility index (Phi) is 5.39. The minimum absolute atomic E-state index is 0.0420. The largest absolute Gasteiger partial charge is 0.317 e. The maximum atomic E-state index is 11.6. The molecule has 2 nitrogen and oxygen atoms in total.